The first kappa shape index (κ1) is 16.4. The van der Waals surface area contributed by atoms with Crippen LogP contribution in [0.2, 0.25) is 0 Å². The molecule has 0 aromatic carbocycles. The first-order valence-corrected chi connectivity index (χ1v) is 8.27. The molecule has 2 N–H and O–H groups in total. The van der Waals surface area contributed by atoms with Gasteiger partial charge in [0.2, 0.25) is 0 Å². The summed E-state index contributed by atoms with van der Waals surface area (Å²) in [4.78, 5) is 17.3. The van der Waals surface area contributed by atoms with E-state index in [-0.39, 0.29) is 12.0 Å². The number of hydrogen-bond acceptors (Lipinski definition) is 5. The van der Waals surface area contributed by atoms with Crippen LogP contribution in [-0.2, 0) is 4.74 Å². The van der Waals surface area contributed by atoms with E-state index in [2.05, 4.69) is 10.3 Å². The zero-order chi connectivity index (χ0) is 15.5. The summed E-state index contributed by atoms with van der Waals surface area (Å²) >= 11 is 1.36. The molecule has 0 spiro atoms. The van der Waals surface area contributed by atoms with E-state index in [1.54, 1.807) is 7.11 Å². The number of methoxy groups -OCH3 is 1. The largest absolute Gasteiger partial charge is 0.388 e. The minimum absolute atomic E-state index is 0.113. The summed E-state index contributed by atoms with van der Waals surface area (Å²) in [5.41, 5.74) is -0.0261. The molecule has 1 unspecified atom stereocenters. The van der Waals surface area contributed by atoms with Crippen LogP contribution in [0.3, 0.4) is 0 Å². The zero-order valence-electron chi connectivity index (χ0n) is 12.9. The Labute approximate surface area is 129 Å². The lowest BCUT2D eigenvalue weighted by atomic mass is 9.85. The first-order valence-electron chi connectivity index (χ1n) is 7.46. The fourth-order valence-electron chi connectivity index (χ4n) is 2.61. The average molecular weight is 312 g/mol. The van der Waals surface area contributed by atoms with Crippen LogP contribution in [0.4, 0.5) is 0 Å². The summed E-state index contributed by atoms with van der Waals surface area (Å²) < 4.78 is 5.23. The molecule has 1 saturated carbocycles. The molecule has 1 atom stereocenters. The number of aliphatic hydroxyl groups is 1. The third-order valence-electron chi connectivity index (χ3n) is 4.08. The molecule has 1 aliphatic carbocycles. The van der Waals surface area contributed by atoms with Gasteiger partial charge in [0.15, 0.2) is 0 Å². The lowest BCUT2D eigenvalue weighted by molar-refractivity contribution is 0.00528. The molecular weight excluding hydrogens is 288 g/mol. The quantitative estimate of drug-likeness (QED) is 0.876. The number of rotatable bonds is 5. The number of aromatic nitrogens is 1. The number of ether oxygens (including phenoxy) is 1. The number of nitrogens with one attached hydrogen (secondary N) is 1. The SMILES string of the molecule is COC(C)c1nc(C)c(C(=O)NCC2(O)CCCCC2)s1. The van der Waals surface area contributed by atoms with Gasteiger partial charge in [-0.3, -0.25) is 4.79 Å². The van der Waals surface area contributed by atoms with Crippen molar-refractivity contribution in [3.05, 3.63) is 15.6 Å². The van der Waals surface area contributed by atoms with Gasteiger partial charge in [-0.05, 0) is 26.7 Å². The van der Waals surface area contributed by atoms with Crippen LogP contribution in [-0.4, -0.2) is 35.3 Å². The number of amides is 1. The highest BCUT2D eigenvalue weighted by molar-refractivity contribution is 7.13. The van der Waals surface area contributed by atoms with Crippen LogP contribution < -0.4 is 5.32 Å². The zero-order valence-corrected chi connectivity index (χ0v) is 13.8. The van der Waals surface area contributed by atoms with E-state index in [0.29, 0.717) is 17.1 Å². The Morgan fingerprint density at radius 3 is 2.76 bits per heavy atom. The van der Waals surface area contributed by atoms with E-state index in [1.807, 2.05) is 13.8 Å². The molecule has 1 heterocycles. The predicted octanol–water partition coefficient (Wildman–Crippen LogP) is 2.58. The molecule has 0 bridgehead atoms. The van der Waals surface area contributed by atoms with Crippen molar-refractivity contribution in [3.63, 3.8) is 0 Å². The van der Waals surface area contributed by atoms with Gasteiger partial charge in [-0.2, -0.15) is 0 Å². The Kier molecular flexibility index (Phi) is 5.35. The molecule has 1 aromatic rings. The molecule has 0 aliphatic heterocycles. The Balaban J connectivity index is 1.98. The Bertz CT molecular complexity index is 495. The summed E-state index contributed by atoms with van der Waals surface area (Å²) in [6.07, 6.45) is 4.64. The van der Waals surface area contributed by atoms with Gasteiger partial charge in [0.1, 0.15) is 16.0 Å². The highest BCUT2D eigenvalue weighted by Gasteiger charge is 2.30. The maximum Gasteiger partial charge on any atom is 0.263 e. The van der Waals surface area contributed by atoms with Gasteiger partial charge < -0.3 is 15.2 Å². The van der Waals surface area contributed by atoms with E-state index >= 15 is 0 Å². The van der Waals surface area contributed by atoms with Crippen molar-refractivity contribution in [2.45, 2.75) is 57.7 Å². The van der Waals surface area contributed by atoms with Crippen LogP contribution in [0.1, 0.15) is 65.5 Å². The maximum absolute atomic E-state index is 12.3. The lowest BCUT2D eigenvalue weighted by Gasteiger charge is -2.32. The molecule has 0 radical (unpaired) electrons. The van der Waals surface area contributed by atoms with Crippen LogP contribution >= 0.6 is 11.3 Å². The summed E-state index contributed by atoms with van der Waals surface area (Å²) in [7, 11) is 1.62. The first-order chi connectivity index (χ1) is 9.95. The van der Waals surface area contributed by atoms with Crippen molar-refractivity contribution in [1.82, 2.24) is 10.3 Å². The molecule has 2 rings (SSSR count). The van der Waals surface area contributed by atoms with Crippen LogP contribution in [0.25, 0.3) is 0 Å². The van der Waals surface area contributed by atoms with E-state index in [9.17, 15) is 9.90 Å². The number of carbonyl (C=O) groups is 1. The standard InChI is InChI=1S/C15H24N2O3S/c1-10-12(21-14(17-10)11(2)20-3)13(18)16-9-15(19)7-5-4-6-8-15/h11,19H,4-9H2,1-3H3,(H,16,18). The third-order valence-corrected chi connectivity index (χ3v) is 5.40. The fourth-order valence-corrected chi connectivity index (χ4v) is 3.63. The van der Waals surface area contributed by atoms with Crippen LogP contribution in [0, 0.1) is 6.92 Å². The average Bonchev–Trinajstić information content (AvgIpc) is 2.87. The second-order valence-electron chi connectivity index (χ2n) is 5.81. The minimum atomic E-state index is -0.741. The normalized spacial score (nSPS) is 19.2. The number of carbonyl (C=O) groups excluding carboxylic acids is 1. The Hall–Kier alpha value is -0.980. The molecule has 1 amide bonds. The number of aryl methyl sites for hydroxylation is 1. The predicted molar refractivity (Wildman–Crippen MR) is 82.6 cm³/mol. The van der Waals surface area contributed by atoms with Gasteiger partial charge >= 0.3 is 0 Å². The minimum Gasteiger partial charge on any atom is -0.388 e. The summed E-state index contributed by atoms with van der Waals surface area (Å²) in [6, 6.07) is 0. The fraction of sp³-hybridized carbons (Fsp3) is 0.733. The van der Waals surface area contributed by atoms with Crippen LogP contribution in [0.5, 0.6) is 0 Å². The molecule has 21 heavy (non-hydrogen) atoms. The molecule has 1 aromatic heterocycles. The van der Waals surface area contributed by atoms with Crippen molar-refractivity contribution in [2.75, 3.05) is 13.7 Å². The van der Waals surface area contributed by atoms with Crippen molar-refractivity contribution in [2.24, 2.45) is 0 Å². The highest BCUT2D eigenvalue weighted by Crippen LogP contribution is 2.28. The van der Waals surface area contributed by atoms with Crippen molar-refractivity contribution in [1.29, 1.82) is 0 Å². The topological polar surface area (TPSA) is 71.5 Å². The van der Waals surface area contributed by atoms with Crippen molar-refractivity contribution in [3.8, 4) is 0 Å². The number of hydrogen-bond donors (Lipinski definition) is 2. The second-order valence-corrected chi connectivity index (χ2v) is 6.84. The van der Waals surface area contributed by atoms with Gasteiger partial charge in [0.25, 0.3) is 5.91 Å². The third kappa shape index (κ3) is 4.02. The molecular formula is C15H24N2O3S. The van der Waals surface area contributed by atoms with Gasteiger partial charge in [-0.25, -0.2) is 4.98 Å². The monoisotopic (exact) mass is 312 g/mol. The molecule has 0 saturated heterocycles. The summed E-state index contributed by atoms with van der Waals surface area (Å²) in [6.45, 7) is 4.05. The Morgan fingerprint density at radius 1 is 1.48 bits per heavy atom. The van der Waals surface area contributed by atoms with Crippen LogP contribution in [0.15, 0.2) is 0 Å². The molecule has 5 nitrogen and oxygen atoms in total. The smallest absolute Gasteiger partial charge is 0.263 e. The van der Waals surface area contributed by atoms with Gasteiger partial charge in [-0.1, -0.05) is 19.3 Å². The van der Waals surface area contributed by atoms with E-state index in [4.69, 9.17) is 4.74 Å². The van der Waals surface area contributed by atoms with E-state index < -0.39 is 5.60 Å². The van der Waals surface area contributed by atoms with Gasteiger partial charge in [-0.15, -0.1) is 11.3 Å². The van der Waals surface area contributed by atoms with Gasteiger partial charge in [0, 0.05) is 13.7 Å². The summed E-state index contributed by atoms with van der Waals surface area (Å²) in [5, 5.41) is 14.1. The van der Waals surface area contributed by atoms with Crippen molar-refractivity contribution < 1.29 is 14.6 Å². The van der Waals surface area contributed by atoms with E-state index in [0.717, 1.165) is 30.7 Å². The highest BCUT2D eigenvalue weighted by atomic mass is 32.1. The number of thiazole rings is 1. The van der Waals surface area contributed by atoms with Crippen molar-refractivity contribution >= 4 is 17.2 Å². The number of nitrogens with zero attached hydrogens (tertiary/aromatic N) is 1. The van der Waals surface area contributed by atoms with E-state index in [1.165, 1.54) is 17.8 Å². The maximum atomic E-state index is 12.3. The Morgan fingerprint density at radius 2 is 2.14 bits per heavy atom. The molecule has 118 valence electrons. The summed E-state index contributed by atoms with van der Waals surface area (Å²) in [5.74, 6) is -0.154. The molecule has 1 fully saturated rings. The lowest BCUT2D eigenvalue weighted by Crippen LogP contribution is -2.44. The van der Waals surface area contributed by atoms with Gasteiger partial charge in [0.05, 0.1) is 11.3 Å². The second kappa shape index (κ2) is 6.85. The molecule has 1 aliphatic rings. The molecule has 6 heteroatoms.